The van der Waals surface area contributed by atoms with Crippen LogP contribution in [0, 0.1) is 12.7 Å². The first-order valence-corrected chi connectivity index (χ1v) is 15.4. The van der Waals surface area contributed by atoms with Gasteiger partial charge in [0, 0.05) is 23.2 Å². The van der Waals surface area contributed by atoms with Crippen molar-refractivity contribution in [3.05, 3.63) is 83.2 Å². The largest absolute Gasteiger partial charge is 0.274 e. The second kappa shape index (κ2) is 9.37. The average molecular weight is 589 g/mol. The van der Waals surface area contributed by atoms with Crippen LogP contribution in [0.25, 0.3) is 16.8 Å². The van der Waals surface area contributed by atoms with Crippen LogP contribution in [0.4, 0.5) is 4.39 Å². The predicted octanol–water partition coefficient (Wildman–Crippen LogP) is 4.03. The molecule has 5 aromatic rings. The quantitative estimate of drug-likeness (QED) is 0.317. The van der Waals surface area contributed by atoms with Gasteiger partial charge in [-0.2, -0.15) is 0 Å². The first kappa shape index (κ1) is 25.9. The van der Waals surface area contributed by atoms with Gasteiger partial charge in [0.25, 0.3) is 10.0 Å². The molecule has 3 heterocycles. The minimum atomic E-state index is -4.14. The Balaban J connectivity index is 1.32. The molecule has 2 aromatic carbocycles. The second-order valence-electron chi connectivity index (χ2n) is 9.55. The lowest BCUT2D eigenvalue weighted by Crippen LogP contribution is -2.33. The maximum Gasteiger partial charge on any atom is 0.269 e. The molecule has 1 N–H and O–H groups in total. The van der Waals surface area contributed by atoms with Crippen molar-refractivity contribution in [1.82, 2.24) is 28.3 Å². The van der Waals surface area contributed by atoms with Crippen molar-refractivity contribution < 1.29 is 21.2 Å². The monoisotopic (exact) mass is 588 g/mol. The molecule has 0 bridgehead atoms. The summed E-state index contributed by atoms with van der Waals surface area (Å²) in [6.07, 6.45) is 4.39. The summed E-state index contributed by atoms with van der Waals surface area (Å²) in [7, 11) is -8.04. The van der Waals surface area contributed by atoms with Crippen molar-refractivity contribution >= 4 is 48.5 Å². The maximum atomic E-state index is 14.2. The molecule has 0 radical (unpaired) electrons. The smallest absolute Gasteiger partial charge is 0.269 e. The number of nitrogens with zero attached hydrogens (tertiary/aromatic N) is 5. The van der Waals surface area contributed by atoms with Gasteiger partial charge < -0.3 is 0 Å². The van der Waals surface area contributed by atoms with Crippen molar-refractivity contribution in [1.29, 1.82) is 0 Å². The fourth-order valence-electron chi connectivity index (χ4n) is 5.02. The van der Waals surface area contributed by atoms with E-state index >= 15 is 0 Å². The molecule has 0 aliphatic heterocycles. The van der Waals surface area contributed by atoms with Gasteiger partial charge in [-0.15, -0.1) is 10.2 Å². The third kappa shape index (κ3) is 4.48. The lowest BCUT2D eigenvalue weighted by Gasteiger charge is -2.14. The lowest BCUT2D eigenvalue weighted by molar-refractivity contribution is 0.533. The number of nitrogens with one attached hydrogen (secondary N) is 1. The molecule has 0 spiro atoms. The van der Waals surface area contributed by atoms with Crippen molar-refractivity contribution in [3.8, 4) is 0 Å². The summed E-state index contributed by atoms with van der Waals surface area (Å²) >= 11 is 5.88. The molecule has 10 nitrogen and oxygen atoms in total. The second-order valence-corrected chi connectivity index (χ2v) is 13.5. The highest BCUT2D eigenvalue weighted by atomic mass is 35.5. The Morgan fingerprint density at radius 2 is 1.79 bits per heavy atom. The first-order valence-electron chi connectivity index (χ1n) is 12.1. The van der Waals surface area contributed by atoms with Gasteiger partial charge in [-0.05, 0) is 62.6 Å². The summed E-state index contributed by atoms with van der Waals surface area (Å²) in [4.78, 5) is 3.99. The SMILES string of the molecule is Cc1ccc(S(=O)(=O)n2ccc3c2ncc2nnc([C@@H]4CC[C@H](NS(=O)(=O)c5cc(Cl)ccc5F)C4)n23)cc1. The summed E-state index contributed by atoms with van der Waals surface area (Å²) in [5.41, 5.74) is 2.10. The molecule has 14 heteroatoms. The molecular formula is C25H22ClFN6O4S2. The van der Waals surface area contributed by atoms with E-state index in [4.69, 9.17) is 11.6 Å². The summed E-state index contributed by atoms with van der Waals surface area (Å²) in [5, 5.41) is 8.67. The molecule has 6 rings (SSSR count). The van der Waals surface area contributed by atoms with E-state index < -0.39 is 36.8 Å². The highest BCUT2D eigenvalue weighted by Crippen LogP contribution is 2.36. The molecule has 0 unspecified atom stereocenters. The van der Waals surface area contributed by atoms with Crippen LogP contribution in [0.5, 0.6) is 0 Å². The molecule has 1 fully saturated rings. The van der Waals surface area contributed by atoms with Gasteiger partial charge in [-0.25, -0.2) is 34.9 Å². The predicted molar refractivity (Wildman–Crippen MR) is 142 cm³/mol. The van der Waals surface area contributed by atoms with Crippen molar-refractivity contribution in [2.45, 2.75) is 47.9 Å². The Morgan fingerprint density at radius 3 is 2.56 bits per heavy atom. The van der Waals surface area contributed by atoms with E-state index in [0.29, 0.717) is 36.3 Å². The van der Waals surface area contributed by atoms with Crippen LogP contribution in [-0.2, 0) is 20.0 Å². The molecule has 2 atom stereocenters. The molecule has 39 heavy (non-hydrogen) atoms. The molecule has 3 aromatic heterocycles. The summed E-state index contributed by atoms with van der Waals surface area (Å²) in [6.45, 7) is 1.88. The van der Waals surface area contributed by atoms with Crippen molar-refractivity contribution in [2.75, 3.05) is 0 Å². The zero-order valence-electron chi connectivity index (χ0n) is 20.5. The van der Waals surface area contributed by atoms with E-state index in [-0.39, 0.29) is 21.5 Å². The zero-order valence-corrected chi connectivity index (χ0v) is 22.9. The molecule has 202 valence electrons. The van der Waals surface area contributed by atoms with Crippen molar-refractivity contribution in [3.63, 3.8) is 0 Å². The summed E-state index contributed by atoms with van der Waals surface area (Å²) in [6, 6.07) is 11.1. The Bertz CT molecular complexity index is 1960. The lowest BCUT2D eigenvalue weighted by atomic mass is 10.1. The topological polar surface area (TPSA) is 128 Å². The van der Waals surface area contributed by atoms with Gasteiger partial charge in [-0.3, -0.25) is 4.40 Å². The Kier molecular flexibility index (Phi) is 6.21. The third-order valence-electron chi connectivity index (χ3n) is 6.94. The number of sulfonamides is 1. The summed E-state index contributed by atoms with van der Waals surface area (Å²) < 4.78 is 72.1. The van der Waals surface area contributed by atoms with E-state index in [1.807, 2.05) is 6.92 Å². The van der Waals surface area contributed by atoms with E-state index in [1.165, 1.54) is 18.5 Å². The van der Waals surface area contributed by atoms with Gasteiger partial charge in [-0.1, -0.05) is 29.3 Å². The highest BCUT2D eigenvalue weighted by molar-refractivity contribution is 7.90. The molecule has 0 saturated heterocycles. The standard InChI is InChI=1S/C25H22ClFN6O4S2/c1-15-2-7-19(8-3-15)39(36,37)32-11-10-21-25(32)28-14-23-29-30-24(33(21)23)16-4-6-18(12-16)31-38(34,35)22-13-17(26)5-9-20(22)27/h2-3,5,7-11,13-14,16,18,31H,4,6,12H2,1H3/t16-,18+/m1/s1. The van der Waals surface area contributed by atoms with Crippen LogP contribution in [0.1, 0.15) is 36.6 Å². The van der Waals surface area contributed by atoms with Crippen LogP contribution in [0.3, 0.4) is 0 Å². The fourth-order valence-corrected chi connectivity index (χ4v) is 7.94. The van der Waals surface area contributed by atoms with E-state index in [2.05, 4.69) is 19.9 Å². The number of hydrogen-bond acceptors (Lipinski definition) is 7. The molecule has 1 aliphatic carbocycles. The Labute approximate surface area is 228 Å². The minimum Gasteiger partial charge on any atom is -0.274 e. The first-order chi connectivity index (χ1) is 18.5. The van der Waals surface area contributed by atoms with Crippen molar-refractivity contribution in [2.24, 2.45) is 0 Å². The van der Waals surface area contributed by atoms with Crippen LogP contribution in [0.2, 0.25) is 5.02 Å². The molecular weight excluding hydrogens is 567 g/mol. The van der Waals surface area contributed by atoms with E-state index in [0.717, 1.165) is 21.7 Å². The van der Waals surface area contributed by atoms with Crippen LogP contribution in [0.15, 0.2) is 70.7 Å². The minimum absolute atomic E-state index is 0.116. The number of benzene rings is 2. The van der Waals surface area contributed by atoms with E-state index in [1.54, 1.807) is 34.7 Å². The average Bonchev–Trinajstić information content (AvgIpc) is 3.63. The Hall–Kier alpha value is -3.39. The van der Waals surface area contributed by atoms with Gasteiger partial charge in [0.05, 0.1) is 16.6 Å². The van der Waals surface area contributed by atoms with E-state index in [9.17, 15) is 21.2 Å². The number of rotatable bonds is 6. The number of aromatic nitrogens is 5. The summed E-state index contributed by atoms with van der Waals surface area (Å²) in [5.74, 6) is -0.497. The van der Waals surface area contributed by atoms with Crippen LogP contribution < -0.4 is 4.72 Å². The van der Waals surface area contributed by atoms with Gasteiger partial charge in [0.2, 0.25) is 10.0 Å². The maximum absolute atomic E-state index is 14.2. The van der Waals surface area contributed by atoms with Gasteiger partial charge in [0.15, 0.2) is 11.3 Å². The number of aryl methyl sites for hydroxylation is 1. The molecule has 1 saturated carbocycles. The molecule has 0 amide bonds. The van der Waals surface area contributed by atoms with Crippen LogP contribution in [-0.4, -0.2) is 46.4 Å². The fraction of sp³-hybridized carbons (Fsp3) is 0.240. The number of fused-ring (bicyclic) bond motifs is 3. The normalized spacial score (nSPS) is 18.3. The zero-order chi connectivity index (χ0) is 27.5. The highest BCUT2D eigenvalue weighted by Gasteiger charge is 2.34. The Morgan fingerprint density at radius 1 is 1.03 bits per heavy atom. The van der Waals surface area contributed by atoms with Gasteiger partial charge in [0.1, 0.15) is 16.5 Å². The van der Waals surface area contributed by atoms with Crippen LogP contribution >= 0.6 is 11.6 Å². The van der Waals surface area contributed by atoms with Gasteiger partial charge >= 0.3 is 0 Å². The molecule has 1 aliphatic rings. The third-order valence-corrected chi connectivity index (χ3v) is 10.4. The number of hydrogen-bond donors (Lipinski definition) is 1. The number of halogens is 2.